The molecule has 0 spiro atoms. The van der Waals surface area contributed by atoms with Crippen LogP contribution in [0.2, 0.25) is 0 Å². The van der Waals surface area contributed by atoms with Crippen molar-refractivity contribution in [2.24, 2.45) is 11.3 Å². The summed E-state index contributed by atoms with van der Waals surface area (Å²) in [4.78, 5) is 11.4. The van der Waals surface area contributed by atoms with Gasteiger partial charge in [0, 0.05) is 17.5 Å². The van der Waals surface area contributed by atoms with E-state index >= 15 is 0 Å². The third kappa shape index (κ3) is 4.56. The number of ether oxygens (including phenoxy) is 1. The number of fused-ring (bicyclic) bond motifs is 1. The molecule has 1 aromatic heterocycles. The third-order valence-corrected chi connectivity index (χ3v) is 6.09. The van der Waals surface area contributed by atoms with Crippen molar-refractivity contribution in [3.63, 3.8) is 0 Å². The minimum atomic E-state index is -0.363. The maximum Gasteiger partial charge on any atom is 0.336 e. The molecule has 1 aromatic carbocycles. The fourth-order valence-electron chi connectivity index (χ4n) is 4.09. The number of aliphatic hydroxyl groups excluding tert-OH is 1. The maximum atomic E-state index is 11.4. The van der Waals surface area contributed by atoms with Crippen molar-refractivity contribution in [2.75, 3.05) is 6.61 Å². The van der Waals surface area contributed by atoms with Gasteiger partial charge < -0.3 is 14.3 Å². The average Bonchev–Trinajstić information content (AvgIpc) is 2.64. The molecule has 1 aliphatic rings. The van der Waals surface area contributed by atoms with E-state index in [0.717, 1.165) is 31.1 Å². The number of allylic oxidation sites excluding steroid dienone is 2. The topological polar surface area (TPSA) is 59.7 Å². The Hall–Kier alpha value is -2.33. The lowest BCUT2D eigenvalue weighted by molar-refractivity contribution is -0.00881. The molecular formula is C24H30O4. The van der Waals surface area contributed by atoms with Gasteiger partial charge in [0.25, 0.3) is 0 Å². The van der Waals surface area contributed by atoms with Crippen LogP contribution in [0.25, 0.3) is 11.0 Å². The molecule has 4 nitrogen and oxygen atoms in total. The summed E-state index contributed by atoms with van der Waals surface area (Å²) >= 11 is 0. The number of rotatable bonds is 6. The highest BCUT2D eigenvalue weighted by Gasteiger charge is 2.40. The highest BCUT2D eigenvalue weighted by Crippen LogP contribution is 2.45. The van der Waals surface area contributed by atoms with Crippen LogP contribution in [-0.4, -0.2) is 17.8 Å². The predicted octanol–water partition coefficient (Wildman–Crippen LogP) is 5.25. The van der Waals surface area contributed by atoms with Crippen molar-refractivity contribution in [3.8, 4) is 5.75 Å². The summed E-state index contributed by atoms with van der Waals surface area (Å²) in [6.45, 7) is 11.1. The van der Waals surface area contributed by atoms with E-state index in [-0.39, 0.29) is 17.1 Å². The number of hydrogen-bond acceptors (Lipinski definition) is 4. The summed E-state index contributed by atoms with van der Waals surface area (Å²) in [5, 5.41) is 11.2. The lowest BCUT2D eigenvalue weighted by Gasteiger charge is -2.44. The molecule has 0 bridgehead atoms. The Kier molecular flexibility index (Phi) is 6.09. The maximum absolute atomic E-state index is 11.4. The molecule has 1 fully saturated rings. The molecule has 28 heavy (non-hydrogen) atoms. The van der Waals surface area contributed by atoms with Crippen molar-refractivity contribution >= 4 is 11.0 Å². The van der Waals surface area contributed by atoms with Gasteiger partial charge in [-0.2, -0.15) is 0 Å². The fraction of sp³-hybridized carbons (Fsp3) is 0.458. The van der Waals surface area contributed by atoms with Gasteiger partial charge in [-0.05, 0) is 68.2 Å². The summed E-state index contributed by atoms with van der Waals surface area (Å²) in [5.74, 6) is 1.01. The van der Waals surface area contributed by atoms with Crippen LogP contribution in [0.15, 0.2) is 63.3 Å². The average molecular weight is 383 g/mol. The van der Waals surface area contributed by atoms with Crippen molar-refractivity contribution in [2.45, 2.75) is 52.6 Å². The Bertz CT molecular complexity index is 935. The van der Waals surface area contributed by atoms with Crippen LogP contribution in [0.1, 0.15) is 46.5 Å². The lowest BCUT2D eigenvalue weighted by atomic mass is 9.63. The Labute approximate surface area is 166 Å². The van der Waals surface area contributed by atoms with Gasteiger partial charge in [0.1, 0.15) is 17.9 Å². The summed E-state index contributed by atoms with van der Waals surface area (Å²) in [7, 11) is 0. The summed E-state index contributed by atoms with van der Waals surface area (Å²) in [6, 6.07) is 8.66. The van der Waals surface area contributed by atoms with E-state index in [9.17, 15) is 9.90 Å². The van der Waals surface area contributed by atoms with Gasteiger partial charge in [0.2, 0.25) is 0 Å². The molecular weight excluding hydrogens is 352 g/mol. The minimum absolute atomic E-state index is 0.124. The van der Waals surface area contributed by atoms with Gasteiger partial charge in [-0.15, -0.1) is 0 Å². The van der Waals surface area contributed by atoms with Crippen LogP contribution in [0.4, 0.5) is 0 Å². The Balaban J connectivity index is 1.56. The highest BCUT2D eigenvalue weighted by atomic mass is 16.5. The highest BCUT2D eigenvalue weighted by molar-refractivity contribution is 5.77. The summed E-state index contributed by atoms with van der Waals surface area (Å²) in [5.41, 5.74) is 2.56. The molecule has 1 aliphatic carbocycles. The molecule has 0 saturated heterocycles. The van der Waals surface area contributed by atoms with E-state index in [1.165, 1.54) is 17.2 Å². The first kappa shape index (κ1) is 20.4. The first-order chi connectivity index (χ1) is 13.3. The zero-order valence-electron chi connectivity index (χ0n) is 17.0. The van der Waals surface area contributed by atoms with E-state index < -0.39 is 0 Å². The quantitative estimate of drug-likeness (QED) is 0.547. The SMILES string of the molecule is C=C1CC[C@H](O)C(C)(C)[C@@H]1CC/C(C)=C/COc1ccc2ccc(=O)oc2c1. The van der Waals surface area contributed by atoms with E-state index in [0.29, 0.717) is 23.9 Å². The van der Waals surface area contributed by atoms with Gasteiger partial charge in [0.05, 0.1) is 6.10 Å². The first-order valence-electron chi connectivity index (χ1n) is 9.95. The molecule has 4 heteroatoms. The van der Waals surface area contributed by atoms with Crippen LogP contribution in [0.3, 0.4) is 0 Å². The van der Waals surface area contributed by atoms with E-state index in [1.54, 1.807) is 12.1 Å². The smallest absolute Gasteiger partial charge is 0.336 e. The van der Waals surface area contributed by atoms with Gasteiger partial charge in [-0.3, -0.25) is 0 Å². The fourth-order valence-corrected chi connectivity index (χ4v) is 4.09. The Morgan fingerprint density at radius 1 is 1.36 bits per heavy atom. The summed E-state index contributed by atoms with van der Waals surface area (Å²) < 4.78 is 11.0. The number of benzene rings is 1. The molecule has 0 aliphatic heterocycles. The zero-order valence-corrected chi connectivity index (χ0v) is 17.0. The lowest BCUT2D eigenvalue weighted by Crippen LogP contribution is -2.41. The molecule has 150 valence electrons. The predicted molar refractivity (Wildman–Crippen MR) is 113 cm³/mol. The van der Waals surface area contributed by atoms with Crippen LogP contribution in [0, 0.1) is 11.3 Å². The second-order valence-corrected chi connectivity index (χ2v) is 8.44. The molecule has 2 atom stereocenters. The van der Waals surface area contributed by atoms with Crippen molar-refractivity contribution in [1.29, 1.82) is 0 Å². The van der Waals surface area contributed by atoms with Crippen LogP contribution in [-0.2, 0) is 0 Å². The van der Waals surface area contributed by atoms with E-state index in [1.807, 2.05) is 12.1 Å². The minimum Gasteiger partial charge on any atom is -0.489 e. The Morgan fingerprint density at radius 3 is 2.89 bits per heavy atom. The number of hydrogen-bond donors (Lipinski definition) is 1. The van der Waals surface area contributed by atoms with Crippen LogP contribution < -0.4 is 10.4 Å². The second kappa shape index (κ2) is 8.36. The van der Waals surface area contributed by atoms with Crippen LogP contribution >= 0.6 is 0 Å². The van der Waals surface area contributed by atoms with Crippen molar-refractivity contribution < 1.29 is 14.3 Å². The van der Waals surface area contributed by atoms with E-state index in [2.05, 4.69) is 33.4 Å². The monoisotopic (exact) mass is 382 g/mol. The molecule has 1 saturated carbocycles. The number of aliphatic hydroxyl groups is 1. The van der Waals surface area contributed by atoms with Crippen molar-refractivity contribution in [3.05, 3.63) is 64.6 Å². The molecule has 2 aromatic rings. The largest absolute Gasteiger partial charge is 0.489 e. The first-order valence-corrected chi connectivity index (χ1v) is 9.95. The molecule has 1 heterocycles. The normalized spacial score (nSPS) is 22.4. The zero-order chi connectivity index (χ0) is 20.3. The van der Waals surface area contributed by atoms with Crippen molar-refractivity contribution in [1.82, 2.24) is 0 Å². The molecule has 3 rings (SSSR count). The standard InChI is InChI=1S/C24H30O4/c1-16(5-10-20-17(2)6-11-22(25)24(20,3)4)13-14-27-19-9-7-18-8-12-23(26)28-21(18)15-19/h7-9,12-13,15,20,22,25H,2,5-6,10-11,14H2,1,3-4H3/b16-13+/t20-,22+/m1/s1. The van der Waals surface area contributed by atoms with Gasteiger partial charge in [-0.25, -0.2) is 4.79 Å². The van der Waals surface area contributed by atoms with E-state index in [4.69, 9.17) is 9.15 Å². The molecule has 1 N–H and O–H groups in total. The van der Waals surface area contributed by atoms with Gasteiger partial charge in [0.15, 0.2) is 0 Å². The molecule has 0 radical (unpaired) electrons. The Morgan fingerprint density at radius 2 is 2.11 bits per heavy atom. The van der Waals surface area contributed by atoms with Gasteiger partial charge >= 0.3 is 5.63 Å². The van der Waals surface area contributed by atoms with Crippen LogP contribution in [0.5, 0.6) is 5.75 Å². The second-order valence-electron chi connectivity index (χ2n) is 8.44. The molecule has 0 unspecified atom stereocenters. The molecule has 0 amide bonds. The summed E-state index contributed by atoms with van der Waals surface area (Å²) in [6.07, 6.45) is 5.50. The third-order valence-electron chi connectivity index (χ3n) is 6.09. The van der Waals surface area contributed by atoms with Gasteiger partial charge in [-0.1, -0.05) is 31.6 Å².